The van der Waals surface area contributed by atoms with Gasteiger partial charge in [0.15, 0.2) is 10.0 Å². The van der Waals surface area contributed by atoms with Crippen LogP contribution in [0.1, 0.15) is 45.4 Å². The molecule has 3 N–H and O–H groups in total. The topological polar surface area (TPSA) is 114 Å². The number of amides is 1. The van der Waals surface area contributed by atoms with Crippen molar-refractivity contribution in [3.63, 3.8) is 0 Å². The molecule has 8 nitrogen and oxygen atoms in total. The van der Waals surface area contributed by atoms with Crippen molar-refractivity contribution in [2.24, 2.45) is 0 Å². The van der Waals surface area contributed by atoms with Crippen molar-refractivity contribution in [1.29, 1.82) is 0 Å². The van der Waals surface area contributed by atoms with Crippen LogP contribution in [0.2, 0.25) is 0 Å². The Hall–Kier alpha value is -2.85. The van der Waals surface area contributed by atoms with Gasteiger partial charge in [0.1, 0.15) is 5.82 Å². The molecule has 0 aliphatic heterocycles. The zero-order chi connectivity index (χ0) is 24.1. The van der Waals surface area contributed by atoms with Gasteiger partial charge in [-0.15, -0.1) is 11.3 Å². The molecule has 2 heterocycles. The van der Waals surface area contributed by atoms with Gasteiger partial charge in [0.05, 0.1) is 11.4 Å². The predicted octanol–water partition coefficient (Wildman–Crippen LogP) is 4.11. The first-order chi connectivity index (χ1) is 16.5. The molecule has 180 valence electrons. The fourth-order valence-electron chi connectivity index (χ4n) is 4.28. The van der Waals surface area contributed by atoms with E-state index in [2.05, 4.69) is 9.97 Å². The molecule has 1 aromatic carbocycles. The van der Waals surface area contributed by atoms with E-state index in [4.69, 9.17) is 5.73 Å². The Kier molecular flexibility index (Phi) is 7.89. The van der Waals surface area contributed by atoms with E-state index in [-0.39, 0.29) is 29.2 Å². The number of carbonyl (C=O) groups excluding carboxylic acids is 1. The van der Waals surface area contributed by atoms with Crippen LogP contribution in [-0.2, 0) is 11.3 Å². The molecule has 1 aliphatic rings. The molecule has 0 bridgehead atoms. The number of nitrogens with zero attached hydrogens (tertiary/aromatic N) is 3. The van der Waals surface area contributed by atoms with E-state index in [1.54, 1.807) is 4.90 Å². The van der Waals surface area contributed by atoms with Crippen LogP contribution in [-0.4, -0.2) is 32.2 Å². The second-order valence-electron chi connectivity index (χ2n) is 8.35. The molecule has 0 atom stereocenters. The first-order valence-corrected chi connectivity index (χ1v) is 13.4. The van der Waals surface area contributed by atoms with Crippen LogP contribution < -0.4 is 21.9 Å². The number of aromatic amines is 1. The summed E-state index contributed by atoms with van der Waals surface area (Å²) in [7, 11) is 0. The molecule has 4 rings (SSSR count). The highest BCUT2D eigenvalue weighted by Gasteiger charge is 2.32. The number of nitrogen functional groups attached to an aromatic ring is 1. The summed E-state index contributed by atoms with van der Waals surface area (Å²) in [4.78, 5) is 47.3. The van der Waals surface area contributed by atoms with Crippen LogP contribution in [0.15, 0.2) is 49.6 Å². The van der Waals surface area contributed by atoms with Gasteiger partial charge in [-0.1, -0.05) is 68.3 Å². The number of H-pyrrole nitrogens is 1. The number of hydrogen-bond donors (Lipinski definition) is 2. The van der Waals surface area contributed by atoms with Gasteiger partial charge in [0.2, 0.25) is 5.91 Å². The zero-order valence-electron chi connectivity index (χ0n) is 19.2. The van der Waals surface area contributed by atoms with E-state index in [1.807, 2.05) is 42.6 Å². The summed E-state index contributed by atoms with van der Waals surface area (Å²) in [6.07, 6.45) is 5.21. The molecule has 1 aliphatic carbocycles. The predicted molar refractivity (Wildman–Crippen MR) is 139 cm³/mol. The number of anilines is 2. The SMILES string of the molecule is CCCCn1c(N)c(N(C(=O)CSc2nc(-c3ccccc3)cs2)C2CCCC2)c(=O)[nH]c1=O. The van der Waals surface area contributed by atoms with Crippen molar-refractivity contribution >= 4 is 40.5 Å². The van der Waals surface area contributed by atoms with Crippen LogP contribution in [0.25, 0.3) is 11.3 Å². The number of benzene rings is 1. The standard InChI is InChI=1S/C24H29N5O3S2/c1-2-3-13-28-21(25)20(22(31)27-23(28)32)29(17-11-7-8-12-17)19(30)15-34-24-26-18(14-33-24)16-9-5-4-6-10-16/h4-6,9-10,14,17H,2-3,7-8,11-13,15,25H2,1H3,(H,27,31,32). The number of thiazole rings is 1. The number of nitrogens with two attached hydrogens (primary N) is 1. The second kappa shape index (κ2) is 11.1. The summed E-state index contributed by atoms with van der Waals surface area (Å²) in [5.74, 6) is -0.00936. The minimum Gasteiger partial charge on any atom is -0.383 e. The highest BCUT2D eigenvalue weighted by Crippen LogP contribution is 2.32. The molecular weight excluding hydrogens is 470 g/mol. The van der Waals surface area contributed by atoms with Crippen molar-refractivity contribution in [2.45, 2.75) is 62.4 Å². The summed E-state index contributed by atoms with van der Waals surface area (Å²) in [5, 5.41) is 1.98. The number of nitrogens with one attached hydrogen (secondary N) is 1. The number of unbranched alkanes of at least 4 members (excludes halogenated alkanes) is 1. The van der Waals surface area contributed by atoms with E-state index < -0.39 is 11.2 Å². The smallest absolute Gasteiger partial charge is 0.330 e. The highest BCUT2D eigenvalue weighted by molar-refractivity contribution is 8.01. The molecular formula is C24H29N5O3S2. The molecule has 1 saturated carbocycles. The number of aromatic nitrogens is 3. The van der Waals surface area contributed by atoms with Crippen LogP contribution in [0.3, 0.4) is 0 Å². The van der Waals surface area contributed by atoms with Gasteiger partial charge in [0, 0.05) is 23.5 Å². The lowest BCUT2D eigenvalue weighted by Gasteiger charge is -2.29. The number of carbonyl (C=O) groups is 1. The van der Waals surface area contributed by atoms with Gasteiger partial charge in [0.25, 0.3) is 5.56 Å². The fraction of sp³-hybridized carbons (Fsp3) is 0.417. The van der Waals surface area contributed by atoms with Crippen LogP contribution in [0.4, 0.5) is 11.5 Å². The third kappa shape index (κ3) is 5.28. The van der Waals surface area contributed by atoms with E-state index in [0.717, 1.165) is 54.1 Å². The Bertz CT molecular complexity index is 1250. The van der Waals surface area contributed by atoms with Crippen LogP contribution in [0, 0.1) is 0 Å². The second-order valence-corrected chi connectivity index (χ2v) is 10.4. The zero-order valence-corrected chi connectivity index (χ0v) is 20.8. The summed E-state index contributed by atoms with van der Waals surface area (Å²) < 4.78 is 2.16. The Labute approximate surface area is 206 Å². The first kappa shape index (κ1) is 24.3. The Balaban J connectivity index is 1.59. The third-order valence-electron chi connectivity index (χ3n) is 6.02. The minimum absolute atomic E-state index is 0.0630. The van der Waals surface area contributed by atoms with Crippen molar-refractivity contribution in [2.75, 3.05) is 16.4 Å². The maximum atomic E-state index is 13.5. The number of rotatable bonds is 9. The molecule has 1 fully saturated rings. The maximum absolute atomic E-state index is 13.5. The molecule has 2 aromatic heterocycles. The Morgan fingerprint density at radius 1 is 1.26 bits per heavy atom. The van der Waals surface area contributed by atoms with Gasteiger partial charge in [-0.25, -0.2) is 9.78 Å². The van der Waals surface area contributed by atoms with Crippen LogP contribution >= 0.6 is 23.1 Å². The van der Waals surface area contributed by atoms with E-state index in [0.29, 0.717) is 6.54 Å². The average Bonchev–Trinajstić information content (AvgIpc) is 3.53. The van der Waals surface area contributed by atoms with Crippen molar-refractivity contribution in [1.82, 2.24) is 14.5 Å². The van der Waals surface area contributed by atoms with Gasteiger partial charge in [-0.2, -0.15) is 0 Å². The average molecular weight is 500 g/mol. The Morgan fingerprint density at radius 2 is 2.00 bits per heavy atom. The van der Waals surface area contributed by atoms with Gasteiger partial charge >= 0.3 is 5.69 Å². The number of thioether (sulfide) groups is 1. The third-order valence-corrected chi connectivity index (χ3v) is 8.03. The quantitative estimate of drug-likeness (QED) is 0.428. The molecule has 0 spiro atoms. The van der Waals surface area contributed by atoms with E-state index in [1.165, 1.54) is 27.7 Å². The lowest BCUT2D eigenvalue weighted by atomic mass is 10.2. The molecule has 0 radical (unpaired) electrons. The molecule has 10 heteroatoms. The van der Waals surface area contributed by atoms with Crippen LogP contribution in [0.5, 0.6) is 0 Å². The van der Waals surface area contributed by atoms with Crippen molar-refractivity contribution < 1.29 is 4.79 Å². The maximum Gasteiger partial charge on any atom is 0.330 e. The van der Waals surface area contributed by atoms with Crippen molar-refractivity contribution in [3.05, 3.63) is 56.5 Å². The molecule has 0 saturated heterocycles. The lowest BCUT2D eigenvalue weighted by Crippen LogP contribution is -2.46. The number of hydrogen-bond acceptors (Lipinski definition) is 7. The van der Waals surface area contributed by atoms with Gasteiger partial charge in [-0.3, -0.25) is 19.1 Å². The van der Waals surface area contributed by atoms with Gasteiger partial charge in [-0.05, 0) is 19.3 Å². The lowest BCUT2D eigenvalue weighted by molar-refractivity contribution is -0.116. The van der Waals surface area contributed by atoms with Crippen molar-refractivity contribution in [3.8, 4) is 11.3 Å². The fourth-order valence-corrected chi connectivity index (χ4v) is 5.97. The Morgan fingerprint density at radius 3 is 2.71 bits per heavy atom. The van der Waals surface area contributed by atoms with E-state index in [9.17, 15) is 14.4 Å². The molecule has 1 amide bonds. The largest absolute Gasteiger partial charge is 0.383 e. The van der Waals surface area contributed by atoms with Gasteiger partial charge < -0.3 is 10.6 Å². The summed E-state index contributed by atoms with van der Waals surface area (Å²) in [6.45, 7) is 2.41. The first-order valence-electron chi connectivity index (χ1n) is 11.6. The summed E-state index contributed by atoms with van der Waals surface area (Å²) in [5.41, 5.74) is 7.18. The molecule has 34 heavy (non-hydrogen) atoms. The monoisotopic (exact) mass is 499 g/mol. The van der Waals surface area contributed by atoms with E-state index >= 15 is 0 Å². The molecule has 3 aromatic rings. The summed E-state index contributed by atoms with van der Waals surface area (Å²) in [6, 6.07) is 9.78. The highest BCUT2D eigenvalue weighted by atomic mass is 32.2. The normalized spacial score (nSPS) is 13.9. The summed E-state index contributed by atoms with van der Waals surface area (Å²) >= 11 is 2.84. The molecule has 0 unspecified atom stereocenters. The minimum atomic E-state index is -0.610.